The maximum absolute atomic E-state index is 4.45. The van der Waals surface area contributed by atoms with Crippen molar-refractivity contribution in [1.82, 2.24) is 25.0 Å². The number of pyridine rings is 1. The molecule has 5 nitrogen and oxygen atoms in total. The third-order valence-corrected chi connectivity index (χ3v) is 2.48. The number of nitrogens with zero attached hydrogens (tertiary/aromatic N) is 4. The summed E-state index contributed by atoms with van der Waals surface area (Å²) < 4.78 is 2.15. The van der Waals surface area contributed by atoms with Crippen molar-refractivity contribution < 1.29 is 0 Å². The van der Waals surface area contributed by atoms with Gasteiger partial charge in [-0.2, -0.15) is 0 Å². The van der Waals surface area contributed by atoms with Crippen molar-refractivity contribution >= 4 is 11.0 Å². The van der Waals surface area contributed by atoms with E-state index in [0.717, 1.165) is 23.5 Å². The van der Waals surface area contributed by atoms with E-state index in [0.29, 0.717) is 0 Å². The van der Waals surface area contributed by atoms with Gasteiger partial charge in [0.05, 0.1) is 18.4 Å². The van der Waals surface area contributed by atoms with Crippen molar-refractivity contribution in [3.63, 3.8) is 0 Å². The maximum Gasteiger partial charge on any atom is 0.107 e. The zero-order valence-corrected chi connectivity index (χ0v) is 9.23. The number of hydrogen-bond donors (Lipinski definition) is 1. The predicted octanol–water partition coefficient (Wildman–Crippen LogP) is 0.763. The lowest BCUT2D eigenvalue weighted by molar-refractivity contribution is 0.205. The van der Waals surface area contributed by atoms with Gasteiger partial charge in [-0.1, -0.05) is 0 Å². The first-order valence-electron chi connectivity index (χ1n) is 4.87. The number of nitrogens with one attached hydrogen (secondary N) is 1. The van der Waals surface area contributed by atoms with E-state index in [-0.39, 0.29) is 0 Å². The molecule has 2 heterocycles. The monoisotopic (exact) mass is 205 g/mol. The highest BCUT2D eigenvalue weighted by atomic mass is 15.5. The van der Waals surface area contributed by atoms with Crippen molar-refractivity contribution in [2.45, 2.75) is 13.6 Å². The second-order valence-electron chi connectivity index (χ2n) is 3.51. The maximum atomic E-state index is 4.45. The number of fused-ring (bicyclic) bond motifs is 1. The molecule has 2 aromatic heterocycles. The van der Waals surface area contributed by atoms with Gasteiger partial charge in [-0.15, -0.1) is 0 Å². The van der Waals surface area contributed by atoms with Gasteiger partial charge >= 0.3 is 0 Å². The van der Waals surface area contributed by atoms with Crippen LogP contribution in [0.1, 0.15) is 5.82 Å². The molecule has 80 valence electrons. The summed E-state index contributed by atoms with van der Waals surface area (Å²) in [6.45, 7) is 2.77. The SMILES string of the molecule is CNN(C)Cn1c(C)nc2cnccc21. The molecule has 0 aliphatic rings. The summed E-state index contributed by atoms with van der Waals surface area (Å²) in [5, 5.41) is 1.99. The van der Waals surface area contributed by atoms with Gasteiger partial charge in [0.15, 0.2) is 0 Å². The molecule has 0 fully saturated rings. The Hall–Kier alpha value is -1.46. The Kier molecular flexibility index (Phi) is 2.66. The smallest absolute Gasteiger partial charge is 0.107 e. The van der Waals surface area contributed by atoms with E-state index >= 15 is 0 Å². The summed E-state index contributed by atoms with van der Waals surface area (Å²) in [6, 6.07) is 1.98. The number of hydrazine groups is 1. The molecule has 0 atom stereocenters. The summed E-state index contributed by atoms with van der Waals surface area (Å²) >= 11 is 0. The number of rotatable bonds is 3. The molecular formula is C10H15N5. The van der Waals surface area contributed by atoms with Crippen LogP contribution in [0.25, 0.3) is 11.0 Å². The van der Waals surface area contributed by atoms with E-state index in [4.69, 9.17) is 0 Å². The van der Waals surface area contributed by atoms with Crippen LogP contribution >= 0.6 is 0 Å². The molecule has 0 saturated carbocycles. The molecule has 1 N–H and O–H groups in total. The Bertz CT molecular complexity index is 462. The minimum Gasteiger partial charge on any atom is -0.313 e. The molecule has 0 unspecified atom stereocenters. The molecule has 0 aliphatic heterocycles. The third-order valence-electron chi connectivity index (χ3n) is 2.48. The van der Waals surface area contributed by atoms with Crippen LogP contribution in [0.2, 0.25) is 0 Å². The summed E-state index contributed by atoms with van der Waals surface area (Å²) in [5.74, 6) is 1.00. The number of imidazole rings is 1. The molecule has 2 rings (SSSR count). The second kappa shape index (κ2) is 3.96. The quantitative estimate of drug-likeness (QED) is 0.752. The lowest BCUT2D eigenvalue weighted by Gasteiger charge is -2.17. The molecule has 5 heteroatoms. The Labute approximate surface area is 88.7 Å². The largest absolute Gasteiger partial charge is 0.313 e. The van der Waals surface area contributed by atoms with E-state index in [1.807, 2.05) is 32.1 Å². The molecule has 15 heavy (non-hydrogen) atoms. The van der Waals surface area contributed by atoms with Gasteiger partial charge in [0.1, 0.15) is 11.3 Å². The molecule has 0 bridgehead atoms. The number of aromatic nitrogens is 3. The van der Waals surface area contributed by atoms with E-state index in [9.17, 15) is 0 Å². The van der Waals surface area contributed by atoms with E-state index < -0.39 is 0 Å². The van der Waals surface area contributed by atoms with Crippen LogP contribution in [0.3, 0.4) is 0 Å². The normalized spacial score (nSPS) is 11.5. The van der Waals surface area contributed by atoms with Crippen LogP contribution in [-0.2, 0) is 6.67 Å². The Morgan fingerprint density at radius 1 is 1.53 bits per heavy atom. The number of hydrogen-bond acceptors (Lipinski definition) is 4. The average molecular weight is 205 g/mol. The lowest BCUT2D eigenvalue weighted by atomic mass is 10.4. The highest BCUT2D eigenvalue weighted by Gasteiger charge is 2.07. The van der Waals surface area contributed by atoms with Gasteiger partial charge in [0, 0.05) is 13.2 Å². The fraction of sp³-hybridized carbons (Fsp3) is 0.400. The summed E-state index contributed by atoms with van der Waals surface area (Å²) in [7, 11) is 3.89. The van der Waals surface area contributed by atoms with Gasteiger partial charge < -0.3 is 4.57 Å². The zero-order valence-electron chi connectivity index (χ0n) is 9.23. The highest BCUT2D eigenvalue weighted by molar-refractivity contribution is 5.74. The van der Waals surface area contributed by atoms with E-state index in [1.165, 1.54) is 0 Å². The molecule has 0 spiro atoms. The summed E-state index contributed by atoms with van der Waals surface area (Å²) in [5.41, 5.74) is 5.12. The first-order chi connectivity index (χ1) is 7.22. The van der Waals surface area contributed by atoms with Gasteiger partial charge in [-0.25, -0.2) is 9.99 Å². The number of aryl methyl sites for hydroxylation is 1. The predicted molar refractivity (Wildman–Crippen MR) is 59.1 cm³/mol. The standard InChI is InChI=1S/C10H15N5/c1-8-13-9-6-12-5-4-10(9)15(8)7-14(3)11-2/h4-6,11H,7H2,1-3H3. The molecular weight excluding hydrogens is 190 g/mol. The van der Waals surface area contributed by atoms with Crippen LogP contribution in [0.4, 0.5) is 0 Å². The Morgan fingerprint density at radius 3 is 3.07 bits per heavy atom. The highest BCUT2D eigenvalue weighted by Crippen LogP contribution is 2.13. The second-order valence-corrected chi connectivity index (χ2v) is 3.51. The first kappa shape index (κ1) is 10.1. The summed E-state index contributed by atoms with van der Waals surface area (Å²) in [6.07, 6.45) is 3.58. The molecule has 0 amide bonds. The van der Waals surface area contributed by atoms with Crippen molar-refractivity contribution in [3.05, 3.63) is 24.3 Å². The molecule has 0 aliphatic carbocycles. The Morgan fingerprint density at radius 2 is 2.33 bits per heavy atom. The van der Waals surface area contributed by atoms with E-state index in [1.54, 1.807) is 12.4 Å². The van der Waals surface area contributed by atoms with Crippen LogP contribution in [-0.4, -0.2) is 33.6 Å². The fourth-order valence-corrected chi connectivity index (χ4v) is 1.56. The minimum absolute atomic E-state index is 0.767. The first-order valence-corrected chi connectivity index (χ1v) is 4.87. The van der Waals surface area contributed by atoms with Crippen molar-refractivity contribution in [3.8, 4) is 0 Å². The van der Waals surface area contributed by atoms with Crippen molar-refractivity contribution in [1.29, 1.82) is 0 Å². The molecule has 0 saturated heterocycles. The van der Waals surface area contributed by atoms with Crippen LogP contribution in [0.5, 0.6) is 0 Å². The molecule has 0 radical (unpaired) electrons. The van der Waals surface area contributed by atoms with Crippen molar-refractivity contribution in [2.24, 2.45) is 0 Å². The van der Waals surface area contributed by atoms with Gasteiger partial charge in [-0.05, 0) is 20.0 Å². The third kappa shape index (κ3) is 1.84. The molecule has 0 aromatic carbocycles. The zero-order chi connectivity index (χ0) is 10.8. The fourth-order valence-electron chi connectivity index (χ4n) is 1.56. The topological polar surface area (TPSA) is 46.0 Å². The van der Waals surface area contributed by atoms with Crippen LogP contribution in [0.15, 0.2) is 18.5 Å². The molecule has 2 aromatic rings. The van der Waals surface area contributed by atoms with E-state index in [2.05, 4.69) is 20.0 Å². The van der Waals surface area contributed by atoms with Gasteiger partial charge in [0.25, 0.3) is 0 Å². The lowest BCUT2D eigenvalue weighted by Crippen LogP contribution is -2.32. The summed E-state index contributed by atoms with van der Waals surface area (Å²) in [4.78, 5) is 8.51. The van der Waals surface area contributed by atoms with Gasteiger partial charge in [-0.3, -0.25) is 10.4 Å². The van der Waals surface area contributed by atoms with Crippen LogP contribution < -0.4 is 5.43 Å². The minimum atomic E-state index is 0.767. The van der Waals surface area contributed by atoms with Gasteiger partial charge in [0.2, 0.25) is 0 Å². The average Bonchev–Trinajstić information content (AvgIpc) is 2.55. The van der Waals surface area contributed by atoms with Crippen molar-refractivity contribution in [2.75, 3.05) is 14.1 Å². The van der Waals surface area contributed by atoms with Crippen LogP contribution in [0, 0.1) is 6.92 Å². The Balaban J connectivity index is 2.45.